The van der Waals surface area contributed by atoms with Gasteiger partial charge in [-0.3, -0.25) is 0 Å². The summed E-state index contributed by atoms with van der Waals surface area (Å²) in [6, 6.07) is 0.368. The van der Waals surface area contributed by atoms with Crippen molar-refractivity contribution in [2.45, 2.75) is 71.8 Å². The molecule has 0 aliphatic heterocycles. The first-order valence-electron chi connectivity index (χ1n) is 6.34. The smallest absolute Gasteiger partial charge is 0.00644 e. The summed E-state index contributed by atoms with van der Waals surface area (Å²) in [5.41, 5.74) is 6.52. The Morgan fingerprint density at radius 3 is 2.79 bits per heavy atom. The van der Waals surface area contributed by atoms with Crippen LogP contribution in [-0.2, 0) is 0 Å². The van der Waals surface area contributed by atoms with E-state index in [-0.39, 0.29) is 0 Å². The third kappa shape index (κ3) is 2.98. The number of rotatable bonds is 4. The molecule has 0 saturated heterocycles. The second-order valence-electron chi connectivity index (χ2n) is 5.55. The van der Waals surface area contributed by atoms with E-state index in [1.807, 2.05) is 0 Å². The fourth-order valence-electron chi connectivity index (χ4n) is 2.81. The summed E-state index contributed by atoms with van der Waals surface area (Å²) < 4.78 is 0. The van der Waals surface area contributed by atoms with Gasteiger partial charge in [0.15, 0.2) is 0 Å². The molecule has 1 fully saturated rings. The molecule has 0 aromatic heterocycles. The molecule has 1 aliphatic carbocycles. The number of unbranched alkanes of at least 4 members (excludes halogenated alkanes) is 1. The minimum absolute atomic E-state index is 0.368. The van der Waals surface area contributed by atoms with Crippen LogP contribution in [0, 0.1) is 11.3 Å². The van der Waals surface area contributed by atoms with Gasteiger partial charge in [0, 0.05) is 6.04 Å². The lowest BCUT2D eigenvalue weighted by Gasteiger charge is -2.41. The van der Waals surface area contributed by atoms with Crippen LogP contribution >= 0.6 is 0 Å². The highest BCUT2D eigenvalue weighted by Crippen LogP contribution is 2.42. The van der Waals surface area contributed by atoms with E-state index < -0.39 is 0 Å². The van der Waals surface area contributed by atoms with Crippen LogP contribution in [0.25, 0.3) is 0 Å². The molecule has 3 unspecified atom stereocenters. The Morgan fingerprint density at radius 1 is 1.50 bits per heavy atom. The SMILES string of the molecule is CCCCC1CCCC(C)(C(C)N)C1. The largest absolute Gasteiger partial charge is 0.327 e. The summed E-state index contributed by atoms with van der Waals surface area (Å²) in [5, 5.41) is 0. The van der Waals surface area contributed by atoms with Crippen LogP contribution in [0.1, 0.15) is 65.7 Å². The molecule has 0 spiro atoms. The van der Waals surface area contributed by atoms with Gasteiger partial charge in [-0.25, -0.2) is 0 Å². The van der Waals surface area contributed by atoms with E-state index in [1.165, 1.54) is 44.9 Å². The van der Waals surface area contributed by atoms with Crippen LogP contribution in [0.2, 0.25) is 0 Å². The standard InChI is InChI=1S/C13H27N/c1-4-5-7-12-8-6-9-13(3,10-12)11(2)14/h11-12H,4-10,14H2,1-3H3. The zero-order chi connectivity index (χ0) is 10.6. The Morgan fingerprint density at radius 2 is 2.21 bits per heavy atom. The van der Waals surface area contributed by atoms with Crippen molar-refractivity contribution in [3.05, 3.63) is 0 Å². The van der Waals surface area contributed by atoms with Crippen molar-refractivity contribution < 1.29 is 0 Å². The molecule has 14 heavy (non-hydrogen) atoms. The molecule has 0 heterocycles. The fourth-order valence-corrected chi connectivity index (χ4v) is 2.81. The molecule has 2 N–H and O–H groups in total. The molecule has 3 atom stereocenters. The number of hydrogen-bond donors (Lipinski definition) is 1. The van der Waals surface area contributed by atoms with Gasteiger partial charge in [0.05, 0.1) is 0 Å². The molecule has 0 radical (unpaired) electrons. The van der Waals surface area contributed by atoms with Gasteiger partial charge in [0.25, 0.3) is 0 Å². The molecular weight excluding hydrogens is 170 g/mol. The van der Waals surface area contributed by atoms with E-state index in [4.69, 9.17) is 5.73 Å². The molecule has 1 heteroatoms. The van der Waals surface area contributed by atoms with Gasteiger partial charge in [-0.1, -0.05) is 46.0 Å². The first kappa shape index (κ1) is 12.0. The second-order valence-corrected chi connectivity index (χ2v) is 5.55. The summed E-state index contributed by atoms with van der Waals surface area (Å²) in [7, 11) is 0. The molecule has 0 aromatic rings. The van der Waals surface area contributed by atoms with Crippen LogP contribution < -0.4 is 5.73 Å². The Labute approximate surface area is 89.5 Å². The van der Waals surface area contributed by atoms with E-state index in [9.17, 15) is 0 Å². The molecule has 0 bridgehead atoms. The maximum Gasteiger partial charge on any atom is 0.00644 e. The van der Waals surface area contributed by atoms with Crippen molar-refractivity contribution in [1.29, 1.82) is 0 Å². The average Bonchev–Trinajstić information content (AvgIpc) is 2.15. The zero-order valence-corrected chi connectivity index (χ0v) is 10.2. The Bertz CT molecular complexity index is 165. The van der Waals surface area contributed by atoms with E-state index in [0.29, 0.717) is 11.5 Å². The van der Waals surface area contributed by atoms with Crippen LogP contribution in [0.5, 0.6) is 0 Å². The predicted molar refractivity (Wildman–Crippen MR) is 63.2 cm³/mol. The summed E-state index contributed by atoms with van der Waals surface area (Å²) in [6.45, 7) is 6.85. The monoisotopic (exact) mass is 197 g/mol. The molecular formula is C13H27N. The summed E-state index contributed by atoms with van der Waals surface area (Å²) in [5.74, 6) is 0.958. The first-order valence-corrected chi connectivity index (χ1v) is 6.34. The van der Waals surface area contributed by atoms with Crippen molar-refractivity contribution in [3.8, 4) is 0 Å². The first-order chi connectivity index (χ1) is 6.58. The van der Waals surface area contributed by atoms with Crippen LogP contribution in [-0.4, -0.2) is 6.04 Å². The van der Waals surface area contributed by atoms with Gasteiger partial charge in [-0.15, -0.1) is 0 Å². The molecule has 0 amide bonds. The van der Waals surface area contributed by atoms with Crippen molar-refractivity contribution in [2.75, 3.05) is 0 Å². The van der Waals surface area contributed by atoms with Gasteiger partial charge in [-0.05, 0) is 31.1 Å². The van der Waals surface area contributed by atoms with Gasteiger partial charge >= 0.3 is 0 Å². The van der Waals surface area contributed by atoms with E-state index in [1.54, 1.807) is 0 Å². The zero-order valence-electron chi connectivity index (χ0n) is 10.2. The molecule has 1 saturated carbocycles. The second kappa shape index (κ2) is 5.16. The minimum atomic E-state index is 0.368. The molecule has 1 nitrogen and oxygen atoms in total. The Kier molecular flexibility index (Phi) is 4.43. The Balaban J connectivity index is 2.42. The maximum absolute atomic E-state index is 6.09. The average molecular weight is 197 g/mol. The summed E-state index contributed by atoms with van der Waals surface area (Å²) in [4.78, 5) is 0. The fraction of sp³-hybridized carbons (Fsp3) is 1.00. The highest BCUT2D eigenvalue weighted by Gasteiger charge is 2.34. The molecule has 1 aliphatic rings. The lowest BCUT2D eigenvalue weighted by molar-refractivity contribution is 0.125. The number of nitrogens with two attached hydrogens (primary N) is 1. The van der Waals surface area contributed by atoms with Crippen LogP contribution in [0.3, 0.4) is 0 Å². The third-order valence-electron chi connectivity index (χ3n) is 4.18. The van der Waals surface area contributed by atoms with E-state index in [2.05, 4.69) is 20.8 Å². The predicted octanol–water partition coefficient (Wildman–Crippen LogP) is 3.72. The summed E-state index contributed by atoms with van der Waals surface area (Å²) >= 11 is 0. The highest BCUT2D eigenvalue weighted by atomic mass is 14.7. The topological polar surface area (TPSA) is 26.0 Å². The minimum Gasteiger partial charge on any atom is -0.327 e. The molecule has 1 rings (SSSR count). The molecule has 0 aromatic carbocycles. The van der Waals surface area contributed by atoms with Gasteiger partial charge in [0.1, 0.15) is 0 Å². The number of hydrogen-bond acceptors (Lipinski definition) is 1. The third-order valence-corrected chi connectivity index (χ3v) is 4.18. The van der Waals surface area contributed by atoms with Crippen LogP contribution in [0.15, 0.2) is 0 Å². The lowest BCUT2D eigenvalue weighted by Crippen LogP contribution is -2.40. The molecule has 84 valence electrons. The van der Waals surface area contributed by atoms with E-state index >= 15 is 0 Å². The van der Waals surface area contributed by atoms with Gasteiger partial charge in [-0.2, -0.15) is 0 Å². The van der Waals surface area contributed by atoms with Crippen molar-refractivity contribution in [2.24, 2.45) is 17.1 Å². The van der Waals surface area contributed by atoms with E-state index in [0.717, 1.165) is 5.92 Å². The van der Waals surface area contributed by atoms with Gasteiger partial charge in [0.2, 0.25) is 0 Å². The summed E-state index contributed by atoms with van der Waals surface area (Å²) in [6.07, 6.45) is 9.72. The quantitative estimate of drug-likeness (QED) is 0.730. The van der Waals surface area contributed by atoms with Crippen molar-refractivity contribution in [1.82, 2.24) is 0 Å². The van der Waals surface area contributed by atoms with Crippen LogP contribution in [0.4, 0.5) is 0 Å². The maximum atomic E-state index is 6.09. The van der Waals surface area contributed by atoms with Crippen molar-refractivity contribution in [3.63, 3.8) is 0 Å². The normalized spacial score (nSPS) is 35.6. The Hall–Kier alpha value is -0.0400. The van der Waals surface area contributed by atoms with Crippen molar-refractivity contribution >= 4 is 0 Å². The highest BCUT2D eigenvalue weighted by molar-refractivity contribution is 4.88. The van der Waals surface area contributed by atoms with Gasteiger partial charge < -0.3 is 5.73 Å². The lowest BCUT2D eigenvalue weighted by atomic mass is 9.66.